The Morgan fingerprint density at radius 2 is 0.739 bits per heavy atom. The number of benzene rings is 10. The maximum absolute atomic E-state index is 6.70. The van der Waals surface area contributed by atoms with Crippen LogP contribution in [-0.4, -0.2) is 15.0 Å². The Balaban J connectivity index is 0.965. The van der Waals surface area contributed by atoms with Crippen LogP contribution in [0.15, 0.2) is 253 Å². The quantitative estimate of drug-likeness (QED) is 0.143. The summed E-state index contributed by atoms with van der Waals surface area (Å²) in [4.78, 5) is 15.8. The first-order valence-corrected chi connectivity index (χ1v) is 23.3. The Morgan fingerprint density at radius 1 is 0.261 bits per heavy atom. The molecule has 0 amide bonds. The van der Waals surface area contributed by atoms with Crippen LogP contribution in [0, 0.1) is 0 Å². The summed E-state index contributed by atoms with van der Waals surface area (Å²) in [5.74, 6) is 0.672. The molecule has 322 valence electrons. The standard InChI is InChI=1S/C65H41N3O/c1-4-16-42(17-5-1)44-30-34-46(35-31-44)57-41-58(68-65(67-57)48-36-32-45(33-37-48)43-18-6-2-7-19-43)51-24-14-22-49(38-51)50-23-15-25-52(39-50)61-62-53-26-10-12-28-56(53)66-64(47-20-8-3-9-21-47)55(62)40-60-63(61)54-27-11-13-29-59(54)69-60/h1-41H. The van der Waals surface area contributed by atoms with E-state index in [1.54, 1.807) is 0 Å². The fraction of sp³-hybridized carbons (Fsp3) is 0. The zero-order valence-corrected chi connectivity index (χ0v) is 37.4. The van der Waals surface area contributed by atoms with Gasteiger partial charge in [-0.15, -0.1) is 0 Å². The normalized spacial score (nSPS) is 11.5. The molecule has 4 heteroatoms. The van der Waals surface area contributed by atoms with Crippen molar-refractivity contribution in [2.24, 2.45) is 0 Å². The lowest BCUT2D eigenvalue weighted by molar-refractivity contribution is 0.669. The van der Waals surface area contributed by atoms with Gasteiger partial charge in [0.25, 0.3) is 0 Å². The number of aromatic nitrogens is 3. The maximum Gasteiger partial charge on any atom is 0.160 e. The predicted molar refractivity (Wildman–Crippen MR) is 286 cm³/mol. The first kappa shape index (κ1) is 40.1. The first-order valence-electron chi connectivity index (χ1n) is 23.3. The molecule has 0 saturated carbocycles. The van der Waals surface area contributed by atoms with E-state index in [1.807, 2.05) is 24.3 Å². The minimum Gasteiger partial charge on any atom is -0.456 e. The molecule has 69 heavy (non-hydrogen) atoms. The lowest BCUT2D eigenvalue weighted by Gasteiger charge is -2.16. The number of hydrogen-bond acceptors (Lipinski definition) is 4. The topological polar surface area (TPSA) is 51.8 Å². The van der Waals surface area contributed by atoms with E-state index < -0.39 is 0 Å². The van der Waals surface area contributed by atoms with Gasteiger partial charge in [-0.25, -0.2) is 15.0 Å². The minimum atomic E-state index is 0.672. The van der Waals surface area contributed by atoms with Crippen LogP contribution in [0.2, 0.25) is 0 Å². The summed E-state index contributed by atoms with van der Waals surface area (Å²) in [6.45, 7) is 0. The van der Waals surface area contributed by atoms with E-state index in [2.05, 4.69) is 224 Å². The van der Waals surface area contributed by atoms with Crippen molar-refractivity contribution in [3.05, 3.63) is 249 Å². The molecule has 0 saturated heterocycles. The zero-order valence-electron chi connectivity index (χ0n) is 37.4. The monoisotopic (exact) mass is 879 g/mol. The molecule has 3 aromatic heterocycles. The molecule has 0 aliphatic heterocycles. The van der Waals surface area contributed by atoms with Gasteiger partial charge < -0.3 is 4.42 Å². The van der Waals surface area contributed by atoms with E-state index in [0.717, 1.165) is 116 Å². The Hall–Kier alpha value is -9.25. The smallest absolute Gasteiger partial charge is 0.160 e. The van der Waals surface area contributed by atoms with Gasteiger partial charge in [-0.3, -0.25) is 0 Å². The first-order chi connectivity index (χ1) is 34.2. The van der Waals surface area contributed by atoms with Crippen molar-refractivity contribution in [1.29, 1.82) is 0 Å². The summed E-state index contributed by atoms with van der Waals surface area (Å²) < 4.78 is 6.70. The molecule has 0 bridgehead atoms. The predicted octanol–water partition coefficient (Wildman–Crippen LogP) is 17.4. The van der Waals surface area contributed by atoms with Gasteiger partial charge in [0.05, 0.1) is 22.6 Å². The molecule has 0 aliphatic carbocycles. The van der Waals surface area contributed by atoms with Crippen LogP contribution >= 0.6 is 0 Å². The molecule has 0 atom stereocenters. The van der Waals surface area contributed by atoms with Crippen LogP contribution < -0.4 is 0 Å². The fourth-order valence-corrected chi connectivity index (χ4v) is 9.91. The van der Waals surface area contributed by atoms with E-state index in [9.17, 15) is 0 Å². The second-order valence-corrected chi connectivity index (χ2v) is 17.5. The SMILES string of the molecule is c1ccc(-c2ccc(-c3cc(-c4cccc(-c5cccc(-c6c7c(cc8c(-c9ccccc9)nc9ccccc9c68)oc6ccccc67)c5)c4)nc(-c4ccc(-c5ccccc5)cc4)n3)cc2)cc1. The Morgan fingerprint density at radius 3 is 1.41 bits per heavy atom. The van der Waals surface area contributed by atoms with Crippen LogP contribution in [0.5, 0.6) is 0 Å². The highest BCUT2D eigenvalue weighted by molar-refractivity contribution is 6.27. The Kier molecular flexibility index (Phi) is 9.80. The van der Waals surface area contributed by atoms with Crippen molar-refractivity contribution in [1.82, 2.24) is 15.0 Å². The molecule has 13 rings (SSSR count). The van der Waals surface area contributed by atoms with Crippen molar-refractivity contribution >= 4 is 43.6 Å². The molecular weight excluding hydrogens is 839 g/mol. The highest BCUT2D eigenvalue weighted by Crippen LogP contribution is 2.47. The number of fused-ring (bicyclic) bond motifs is 6. The molecular formula is C65H41N3O. The largest absolute Gasteiger partial charge is 0.456 e. The van der Waals surface area contributed by atoms with Crippen LogP contribution in [0.4, 0.5) is 0 Å². The van der Waals surface area contributed by atoms with Crippen LogP contribution in [0.25, 0.3) is 133 Å². The van der Waals surface area contributed by atoms with Gasteiger partial charge in [-0.1, -0.05) is 212 Å². The number of rotatable bonds is 8. The third-order valence-electron chi connectivity index (χ3n) is 13.3. The highest BCUT2D eigenvalue weighted by Gasteiger charge is 2.22. The molecule has 0 radical (unpaired) electrons. The Labute approximate surface area is 399 Å². The molecule has 13 aromatic rings. The van der Waals surface area contributed by atoms with Gasteiger partial charge in [-0.05, 0) is 75.3 Å². The lowest BCUT2D eigenvalue weighted by atomic mass is 9.88. The third kappa shape index (κ3) is 7.32. The minimum absolute atomic E-state index is 0.672. The van der Waals surface area contributed by atoms with Crippen molar-refractivity contribution in [2.75, 3.05) is 0 Å². The van der Waals surface area contributed by atoms with Crippen LogP contribution in [0.1, 0.15) is 0 Å². The fourth-order valence-electron chi connectivity index (χ4n) is 9.91. The van der Waals surface area contributed by atoms with Gasteiger partial charge in [0.15, 0.2) is 5.82 Å². The number of pyridine rings is 1. The van der Waals surface area contributed by atoms with Gasteiger partial charge in [-0.2, -0.15) is 0 Å². The lowest BCUT2D eigenvalue weighted by Crippen LogP contribution is -1.96. The van der Waals surface area contributed by atoms with Crippen LogP contribution in [0.3, 0.4) is 0 Å². The van der Waals surface area contributed by atoms with Crippen molar-refractivity contribution in [3.63, 3.8) is 0 Å². The molecule has 0 spiro atoms. The van der Waals surface area contributed by atoms with Gasteiger partial charge in [0.1, 0.15) is 11.2 Å². The van der Waals surface area contributed by atoms with E-state index >= 15 is 0 Å². The van der Waals surface area contributed by atoms with E-state index in [1.165, 1.54) is 11.1 Å². The summed E-state index contributed by atoms with van der Waals surface area (Å²) in [5, 5.41) is 5.47. The van der Waals surface area contributed by atoms with E-state index in [-0.39, 0.29) is 0 Å². The second kappa shape index (κ2) is 16.9. The van der Waals surface area contributed by atoms with Gasteiger partial charge in [0, 0.05) is 54.7 Å². The van der Waals surface area contributed by atoms with E-state index in [4.69, 9.17) is 19.4 Å². The summed E-state index contributed by atoms with van der Waals surface area (Å²) in [6, 6.07) is 87.5. The molecule has 0 aliphatic rings. The molecule has 3 heterocycles. The summed E-state index contributed by atoms with van der Waals surface area (Å²) in [5.41, 5.74) is 18.4. The number of hydrogen-bond donors (Lipinski definition) is 0. The molecule has 10 aromatic carbocycles. The molecule has 0 unspecified atom stereocenters. The molecule has 4 nitrogen and oxygen atoms in total. The highest BCUT2D eigenvalue weighted by atomic mass is 16.3. The average molecular weight is 880 g/mol. The summed E-state index contributed by atoms with van der Waals surface area (Å²) >= 11 is 0. The number of para-hydroxylation sites is 2. The zero-order chi connectivity index (χ0) is 45.7. The van der Waals surface area contributed by atoms with E-state index in [0.29, 0.717) is 5.82 Å². The maximum atomic E-state index is 6.70. The van der Waals surface area contributed by atoms with Crippen molar-refractivity contribution < 1.29 is 4.42 Å². The third-order valence-corrected chi connectivity index (χ3v) is 13.3. The van der Waals surface area contributed by atoms with Crippen molar-refractivity contribution in [3.8, 4) is 89.7 Å². The number of furan rings is 1. The van der Waals surface area contributed by atoms with Crippen molar-refractivity contribution in [2.45, 2.75) is 0 Å². The average Bonchev–Trinajstić information content (AvgIpc) is 3.81. The molecule has 0 fully saturated rings. The van der Waals surface area contributed by atoms with Gasteiger partial charge >= 0.3 is 0 Å². The van der Waals surface area contributed by atoms with Crippen LogP contribution in [-0.2, 0) is 0 Å². The molecule has 0 N–H and O–H groups in total. The van der Waals surface area contributed by atoms with Gasteiger partial charge in [0.2, 0.25) is 0 Å². The second-order valence-electron chi connectivity index (χ2n) is 17.5. The number of nitrogens with zero attached hydrogens (tertiary/aromatic N) is 3. The summed E-state index contributed by atoms with van der Waals surface area (Å²) in [6.07, 6.45) is 0. The Bertz CT molecular complexity index is 3930. The summed E-state index contributed by atoms with van der Waals surface area (Å²) in [7, 11) is 0.